The van der Waals surface area contributed by atoms with Gasteiger partial charge in [-0.1, -0.05) is 19.8 Å². The Morgan fingerprint density at radius 1 is 1.05 bits per heavy atom. The molecule has 0 spiro atoms. The Hall–Kier alpha value is -0.0800. The molecule has 1 aliphatic heterocycles. The van der Waals surface area contributed by atoms with E-state index in [2.05, 4.69) is 17.1 Å². The van der Waals surface area contributed by atoms with Crippen LogP contribution in [0.5, 0.6) is 0 Å². The Morgan fingerprint density at radius 3 is 2.45 bits per heavy atom. The standard InChI is InChI=1S/C18H32N2/c1-14-6-8-18(9-7-14,12-19-16-3-4-16)13-20-11-15-2-5-17(20)10-15/h14-17,19H,2-13H2,1H3. The molecule has 4 rings (SSSR count). The van der Waals surface area contributed by atoms with Gasteiger partial charge in [0.25, 0.3) is 0 Å². The second-order valence-corrected chi connectivity index (χ2v) is 8.60. The summed E-state index contributed by atoms with van der Waals surface area (Å²) < 4.78 is 0. The summed E-state index contributed by atoms with van der Waals surface area (Å²) in [5.41, 5.74) is 0.611. The first-order valence-corrected chi connectivity index (χ1v) is 9.20. The number of likely N-dealkylation sites (tertiary alicyclic amines) is 1. The Balaban J connectivity index is 1.40. The minimum absolute atomic E-state index is 0.611. The van der Waals surface area contributed by atoms with Crippen LogP contribution < -0.4 is 5.32 Å². The van der Waals surface area contributed by atoms with Gasteiger partial charge in [0.05, 0.1) is 0 Å². The van der Waals surface area contributed by atoms with Gasteiger partial charge in [-0.3, -0.25) is 4.90 Å². The van der Waals surface area contributed by atoms with Crippen molar-refractivity contribution >= 4 is 0 Å². The molecule has 0 aromatic rings. The summed E-state index contributed by atoms with van der Waals surface area (Å²) in [5, 5.41) is 3.87. The van der Waals surface area contributed by atoms with Crippen molar-refractivity contribution in [2.24, 2.45) is 17.3 Å². The van der Waals surface area contributed by atoms with Crippen LogP contribution in [-0.4, -0.2) is 36.6 Å². The van der Waals surface area contributed by atoms with E-state index in [0.717, 1.165) is 23.9 Å². The molecule has 3 aliphatic carbocycles. The van der Waals surface area contributed by atoms with Gasteiger partial charge in [0, 0.05) is 31.7 Å². The highest BCUT2D eigenvalue weighted by Crippen LogP contribution is 2.44. The number of nitrogens with one attached hydrogen (secondary N) is 1. The van der Waals surface area contributed by atoms with Crippen LogP contribution in [0.1, 0.15) is 64.7 Å². The van der Waals surface area contributed by atoms with Crippen molar-refractivity contribution in [1.29, 1.82) is 0 Å². The van der Waals surface area contributed by atoms with Crippen molar-refractivity contribution in [2.75, 3.05) is 19.6 Å². The van der Waals surface area contributed by atoms with Gasteiger partial charge < -0.3 is 5.32 Å². The van der Waals surface area contributed by atoms with Crippen LogP contribution in [-0.2, 0) is 0 Å². The minimum Gasteiger partial charge on any atom is -0.313 e. The van der Waals surface area contributed by atoms with E-state index in [0.29, 0.717) is 5.41 Å². The fraction of sp³-hybridized carbons (Fsp3) is 1.00. The summed E-state index contributed by atoms with van der Waals surface area (Å²) in [6, 6.07) is 1.83. The van der Waals surface area contributed by atoms with Crippen LogP contribution in [0, 0.1) is 17.3 Å². The Labute approximate surface area is 124 Å². The molecule has 20 heavy (non-hydrogen) atoms. The highest BCUT2D eigenvalue weighted by Gasteiger charge is 2.43. The van der Waals surface area contributed by atoms with Crippen molar-refractivity contribution in [1.82, 2.24) is 10.2 Å². The lowest BCUT2D eigenvalue weighted by molar-refractivity contribution is 0.0696. The van der Waals surface area contributed by atoms with E-state index in [1.54, 1.807) is 0 Å². The largest absolute Gasteiger partial charge is 0.313 e. The maximum Gasteiger partial charge on any atom is 0.00988 e. The lowest BCUT2D eigenvalue weighted by Crippen LogP contribution is -2.48. The fourth-order valence-corrected chi connectivity index (χ4v) is 5.06. The average molecular weight is 276 g/mol. The molecule has 0 aromatic carbocycles. The predicted molar refractivity (Wildman–Crippen MR) is 83.8 cm³/mol. The van der Waals surface area contributed by atoms with Crippen molar-refractivity contribution < 1.29 is 0 Å². The molecular formula is C18H32N2. The molecule has 0 radical (unpaired) electrons. The lowest BCUT2D eigenvalue weighted by Gasteiger charge is -2.44. The third-order valence-electron chi connectivity index (χ3n) is 6.74. The van der Waals surface area contributed by atoms with E-state index in [1.165, 1.54) is 77.4 Å². The molecule has 0 amide bonds. The number of fused-ring (bicyclic) bond motifs is 2. The topological polar surface area (TPSA) is 15.3 Å². The normalized spacial score (nSPS) is 45.1. The molecule has 3 saturated carbocycles. The summed E-state index contributed by atoms with van der Waals surface area (Å²) in [5.74, 6) is 2.02. The summed E-state index contributed by atoms with van der Waals surface area (Å²) in [7, 11) is 0. The Morgan fingerprint density at radius 2 is 1.85 bits per heavy atom. The quantitative estimate of drug-likeness (QED) is 0.828. The van der Waals surface area contributed by atoms with E-state index < -0.39 is 0 Å². The van der Waals surface area contributed by atoms with Crippen molar-refractivity contribution in [3.8, 4) is 0 Å². The first-order chi connectivity index (χ1) is 9.72. The molecule has 1 saturated heterocycles. The molecule has 2 bridgehead atoms. The summed E-state index contributed by atoms with van der Waals surface area (Å²) in [6.45, 7) is 6.58. The molecule has 2 nitrogen and oxygen atoms in total. The van der Waals surface area contributed by atoms with Gasteiger partial charge in [0.15, 0.2) is 0 Å². The monoisotopic (exact) mass is 276 g/mol. The van der Waals surface area contributed by atoms with E-state index >= 15 is 0 Å². The number of piperidine rings is 1. The molecule has 2 unspecified atom stereocenters. The number of nitrogens with zero attached hydrogens (tertiary/aromatic N) is 1. The average Bonchev–Trinajstić information content (AvgIpc) is 3.07. The van der Waals surface area contributed by atoms with Crippen LogP contribution in [0.4, 0.5) is 0 Å². The molecule has 1 N–H and O–H groups in total. The molecule has 2 heteroatoms. The van der Waals surface area contributed by atoms with Gasteiger partial charge in [-0.25, -0.2) is 0 Å². The van der Waals surface area contributed by atoms with Gasteiger partial charge in [-0.2, -0.15) is 0 Å². The summed E-state index contributed by atoms with van der Waals surface area (Å²) in [6.07, 6.45) is 13.3. The van der Waals surface area contributed by atoms with Crippen LogP contribution in [0.15, 0.2) is 0 Å². The Kier molecular flexibility index (Phi) is 3.58. The highest BCUT2D eigenvalue weighted by molar-refractivity contribution is 4.98. The zero-order valence-electron chi connectivity index (χ0n) is 13.2. The lowest BCUT2D eigenvalue weighted by atomic mass is 9.70. The molecule has 114 valence electrons. The van der Waals surface area contributed by atoms with E-state index in [9.17, 15) is 0 Å². The van der Waals surface area contributed by atoms with Crippen LogP contribution in [0.25, 0.3) is 0 Å². The summed E-state index contributed by atoms with van der Waals surface area (Å²) >= 11 is 0. The fourth-order valence-electron chi connectivity index (χ4n) is 5.06. The van der Waals surface area contributed by atoms with E-state index in [4.69, 9.17) is 0 Å². The van der Waals surface area contributed by atoms with Crippen molar-refractivity contribution in [3.63, 3.8) is 0 Å². The number of hydrogen-bond acceptors (Lipinski definition) is 2. The molecule has 1 heterocycles. The van der Waals surface area contributed by atoms with E-state index in [-0.39, 0.29) is 0 Å². The van der Waals surface area contributed by atoms with Gasteiger partial charge >= 0.3 is 0 Å². The minimum atomic E-state index is 0.611. The summed E-state index contributed by atoms with van der Waals surface area (Å²) in [4.78, 5) is 2.89. The SMILES string of the molecule is CC1CCC(CNC2CC2)(CN2CC3CCC2C3)CC1. The van der Waals surface area contributed by atoms with Gasteiger partial charge in [-0.15, -0.1) is 0 Å². The van der Waals surface area contributed by atoms with Crippen LogP contribution in [0.2, 0.25) is 0 Å². The first-order valence-electron chi connectivity index (χ1n) is 9.20. The van der Waals surface area contributed by atoms with E-state index in [1.807, 2.05) is 0 Å². The van der Waals surface area contributed by atoms with Crippen molar-refractivity contribution in [2.45, 2.75) is 76.8 Å². The third-order valence-corrected chi connectivity index (χ3v) is 6.74. The second kappa shape index (κ2) is 5.28. The molecular weight excluding hydrogens is 244 g/mol. The molecule has 4 fully saturated rings. The van der Waals surface area contributed by atoms with Gasteiger partial charge in [-0.05, 0) is 62.2 Å². The predicted octanol–water partition coefficient (Wildman–Crippen LogP) is 3.42. The second-order valence-electron chi connectivity index (χ2n) is 8.60. The van der Waals surface area contributed by atoms with Crippen LogP contribution in [0.3, 0.4) is 0 Å². The molecule has 2 atom stereocenters. The highest BCUT2D eigenvalue weighted by atomic mass is 15.2. The zero-order valence-corrected chi connectivity index (χ0v) is 13.2. The third kappa shape index (κ3) is 2.78. The maximum atomic E-state index is 3.87. The Bertz CT molecular complexity index is 341. The molecule has 0 aromatic heterocycles. The van der Waals surface area contributed by atoms with Crippen LogP contribution >= 0.6 is 0 Å². The number of rotatable bonds is 5. The maximum absolute atomic E-state index is 3.87. The molecule has 4 aliphatic rings. The van der Waals surface area contributed by atoms with Gasteiger partial charge in [0.2, 0.25) is 0 Å². The number of hydrogen-bond donors (Lipinski definition) is 1. The first kappa shape index (κ1) is 13.6. The zero-order chi connectivity index (χ0) is 13.6. The van der Waals surface area contributed by atoms with Crippen molar-refractivity contribution in [3.05, 3.63) is 0 Å². The smallest absolute Gasteiger partial charge is 0.00988 e. The van der Waals surface area contributed by atoms with Gasteiger partial charge in [0.1, 0.15) is 0 Å².